The van der Waals surface area contributed by atoms with Crippen molar-refractivity contribution < 1.29 is 37.9 Å². The first kappa shape index (κ1) is 21.2. The molecule has 9 heteroatoms. The number of rotatable bonds is 8. The lowest BCUT2D eigenvalue weighted by molar-refractivity contribution is -0.243. The molecule has 3 saturated heterocycles. The van der Waals surface area contributed by atoms with Gasteiger partial charge in [0, 0.05) is 6.54 Å². The van der Waals surface area contributed by atoms with E-state index in [1.807, 2.05) is 39.8 Å². The predicted octanol–water partition coefficient (Wildman–Crippen LogP) is 1.14. The van der Waals surface area contributed by atoms with E-state index in [4.69, 9.17) is 32.8 Å². The van der Waals surface area contributed by atoms with Crippen LogP contribution in [0.1, 0.15) is 33.5 Å². The van der Waals surface area contributed by atoms with Gasteiger partial charge in [0.2, 0.25) is 0 Å². The Kier molecular flexibility index (Phi) is 6.02. The molecule has 0 aliphatic carbocycles. The maximum atomic E-state index is 10.1. The number of fused-ring (bicyclic) bond motifs is 3. The van der Waals surface area contributed by atoms with Crippen LogP contribution >= 0.6 is 0 Å². The molecule has 4 heterocycles. The highest BCUT2D eigenvalue weighted by atomic mass is 16.9. The van der Waals surface area contributed by atoms with Gasteiger partial charge < -0.3 is 43.3 Å². The highest BCUT2D eigenvalue weighted by Gasteiger charge is 2.60. The zero-order valence-electron chi connectivity index (χ0n) is 17.3. The summed E-state index contributed by atoms with van der Waals surface area (Å²) in [5, 5.41) is 13.3. The Morgan fingerprint density at radius 1 is 1.07 bits per heavy atom. The van der Waals surface area contributed by atoms with Crippen molar-refractivity contribution in [3.05, 3.63) is 24.2 Å². The Bertz CT molecular complexity index is 663. The number of ether oxygens (including phenoxy) is 6. The number of hydrogen-bond donors (Lipinski definition) is 2. The van der Waals surface area contributed by atoms with Crippen molar-refractivity contribution in [2.24, 2.45) is 0 Å². The average Bonchev–Trinajstić information content (AvgIpc) is 3.31. The molecule has 29 heavy (non-hydrogen) atoms. The normalized spacial score (nSPS) is 36.0. The first-order chi connectivity index (χ1) is 13.7. The average molecular weight is 413 g/mol. The van der Waals surface area contributed by atoms with Gasteiger partial charge in [0.1, 0.15) is 30.2 Å². The van der Waals surface area contributed by atoms with Crippen molar-refractivity contribution in [2.75, 3.05) is 19.8 Å². The Morgan fingerprint density at radius 3 is 2.55 bits per heavy atom. The summed E-state index contributed by atoms with van der Waals surface area (Å²) in [6, 6.07) is 3.70. The standard InChI is InChI=1S/C20H31NO8/c1-19(2)26-15-14(25-18-17(16(15)27-19)28-20(3,4)29-18)11-23-10-12(22)8-21-9-13-6-5-7-24-13/h5-7,12,14-18,21-22H,8-11H2,1-4H3/t12?,14?,15-,16-,17+,18+/m0/s1. The van der Waals surface area contributed by atoms with Crippen molar-refractivity contribution in [3.8, 4) is 0 Å². The van der Waals surface area contributed by atoms with E-state index in [-0.39, 0.29) is 37.6 Å². The van der Waals surface area contributed by atoms with Gasteiger partial charge >= 0.3 is 0 Å². The number of aliphatic hydroxyl groups excluding tert-OH is 1. The molecule has 164 valence electrons. The lowest BCUT2D eigenvalue weighted by Crippen LogP contribution is -2.56. The van der Waals surface area contributed by atoms with E-state index < -0.39 is 24.0 Å². The van der Waals surface area contributed by atoms with Gasteiger partial charge in [-0.3, -0.25) is 0 Å². The van der Waals surface area contributed by atoms with Crippen molar-refractivity contribution in [2.45, 2.75) is 82.6 Å². The Hall–Kier alpha value is -1.04. The summed E-state index contributed by atoms with van der Waals surface area (Å²) in [5.41, 5.74) is 0. The molecule has 6 atom stereocenters. The highest BCUT2D eigenvalue weighted by Crippen LogP contribution is 2.44. The lowest BCUT2D eigenvalue weighted by Gasteiger charge is -2.37. The molecule has 1 aromatic heterocycles. The predicted molar refractivity (Wildman–Crippen MR) is 99.8 cm³/mol. The van der Waals surface area contributed by atoms with Gasteiger partial charge in [-0.15, -0.1) is 0 Å². The highest BCUT2D eigenvalue weighted by molar-refractivity contribution is 5.00. The second-order valence-corrected chi connectivity index (χ2v) is 8.61. The third-order valence-electron chi connectivity index (χ3n) is 5.10. The fraction of sp³-hybridized carbons (Fsp3) is 0.800. The first-order valence-corrected chi connectivity index (χ1v) is 10.1. The second-order valence-electron chi connectivity index (χ2n) is 8.61. The molecule has 3 aliphatic rings. The molecule has 4 rings (SSSR count). The number of nitrogens with one attached hydrogen (secondary N) is 1. The van der Waals surface area contributed by atoms with Gasteiger partial charge in [-0.25, -0.2) is 0 Å². The Morgan fingerprint density at radius 2 is 1.79 bits per heavy atom. The van der Waals surface area contributed by atoms with Crippen molar-refractivity contribution in [1.82, 2.24) is 5.32 Å². The maximum absolute atomic E-state index is 10.1. The second kappa shape index (κ2) is 8.24. The van der Waals surface area contributed by atoms with Crippen LogP contribution in [0.4, 0.5) is 0 Å². The molecule has 0 saturated carbocycles. The molecule has 1 aromatic rings. The molecule has 0 aromatic carbocycles. The summed E-state index contributed by atoms with van der Waals surface area (Å²) < 4.78 is 41.0. The van der Waals surface area contributed by atoms with Gasteiger partial charge in [0.15, 0.2) is 17.9 Å². The largest absolute Gasteiger partial charge is 0.468 e. The van der Waals surface area contributed by atoms with Crippen LogP contribution in [-0.4, -0.2) is 73.2 Å². The summed E-state index contributed by atoms with van der Waals surface area (Å²) in [6.45, 7) is 8.80. The summed E-state index contributed by atoms with van der Waals surface area (Å²) >= 11 is 0. The molecule has 0 bridgehead atoms. The van der Waals surface area contributed by atoms with Crippen molar-refractivity contribution >= 4 is 0 Å². The van der Waals surface area contributed by atoms with Crippen molar-refractivity contribution in [1.29, 1.82) is 0 Å². The van der Waals surface area contributed by atoms with E-state index in [2.05, 4.69) is 5.32 Å². The summed E-state index contributed by atoms with van der Waals surface area (Å²) in [4.78, 5) is 0. The summed E-state index contributed by atoms with van der Waals surface area (Å²) in [7, 11) is 0. The van der Waals surface area contributed by atoms with Crippen LogP contribution in [0, 0.1) is 0 Å². The first-order valence-electron chi connectivity index (χ1n) is 10.1. The molecule has 9 nitrogen and oxygen atoms in total. The Labute approximate surface area is 170 Å². The van der Waals surface area contributed by atoms with E-state index in [0.717, 1.165) is 5.76 Å². The molecule has 2 N–H and O–H groups in total. The minimum absolute atomic E-state index is 0.170. The fourth-order valence-corrected chi connectivity index (χ4v) is 3.98. The van der Waals surface area contributed by atoms with E-state index in [9.17, 15) is 5.11 Å². The quantitative estimate of drug-likeness (QED) is 0.650. The van der Waals surface area contributed by atoms with Gasteiger partial charge in [-0.2, -0.15) is 0 Å². The minimum atomic E-state index is -0.748. The van der Waals surface area contributed by atoms with E-state index in [0.29, 0.717) is 13.1 Å². The zero-order chi connectivity index (χ0) is 20.6. The van der Waals surface area contributed by atoms with Crippen LogP contribution in [0.2, 0.25) is 0 Å². The summed E-state index contributed by atoms with van der Waals surface area (Å²) in [5.74, 6) is -0.671. The third kappa shape index (κ3) is 5.00. The molecular weight excluding hydrogens is 382 g/mol. The minimum Gasteiger partial charge on any atom is -0.468 e. The molecule has 0 amide bonds. The number of hydrogen-bond acceptors (Lipinski definition) is 9. The van der Waals surface area contributed by atoms with Crippen molar-refractivity contribution in [3.63, 3.8) is 0 Å². The van der Waals surface area contributed by atoms with E-state index >= 15 is 0 Å². The van der Waals surface area contributed by atoms with Crippen LogP contribution in [-0.2, 0) is 35.0 Å². The molecule has 0 spiro atoms. The van der Waals surface area contributed by atoms with Crippen LogP contribution < -0.4 is 5.32 Å². The SMILES string of the molecule is CC1(C)O[C@H]2OC(COCC(O)CNCc3ccco3)[C@@H]3OC(C)(C)O[C@@H]3[C@H]2O1. The number of aliphatic hydroxyl groups is 1. The summed E-state index contributed by atoms with van der Waals surface area (Å²) in [6.07, 6.45) is -0.962. The zero-order valence-corrected chi connectivity index (χ0v) is 17.3. The molecule has 0 radical (unpaired) electrons. The van der Waals surface area contributed by atoms with Gasteiger partial charge in [-0.05, 0) is 39.8 Å². The van der Waals surface area contributed by atoms with Crippen LogP contribution in [0.5, 0.6) is 0 Å². The Balaban J connectivity index is 1.26. The smallest absolute Gasteiger partial charge is 0.190 e. The molecule has 3 aliphatic heterocycles. The molecule has 3 fully saturated rings. The van der Waals surface area contributed by atoms with Crippen LogP contribution in [0.15, 0.2) is 22.8 Å². The van der Waals surface area contributed by atoms with Gasteiger partial charge in [-0.1, -0.05) is 0 Å². The van der Waals surface area contributed by atoms with Gasteiger partial charge in [0.05, 0.1) is 32.1 Å². The van der Waals surface area contributed by atoms with E-state index in [1.54, 1.807) is 6.26 Å². The molecule has 2 unspecified atom stereocenters. The maximum Gasteiger partial charge on any atom is 0.190 e. The lowest BCUT2D eigenvalue weighted by atomic mass is 9.99. The number of furan rings is 1. The van der Waals surface area contributed by atoms with Gasteiger partial charge in [0.25, 0.3) is 0 Å². The fourth-order valence-electron chi connectivity index (χ4n) is 3.98. The third-order valence-corrected chi connectivity index (χ3v) is 5.10. The van der Waals surface area contributed by atoms with E-state index in [1.165, 1.54) is 0 Å². The molecular formula is C20H31NO8. The monoisotopic (exact) mass is 413 g/mol. The van der Waals surface area contributed by atoms with Crippen LogP contribution in [0.3, 0.4) is 0 Å². The van der Waals surface area contributed by atoms with Crippen LogP contribution in [0.25, 0.3) is 0 Å². The topological polar surface area (TPSA) is 101 Å².